The predicted octanol–water partition coefficient (Wildman–Crippen LogP) is 2.25. The third kappa shape index (κ3) is 2.24. The highest BCUT2D eigenvalue weighted by molar-refractivity contribution is 5.94. The van der Waals surface area contributed by atoms with Crippen LogP contribution in [0.15, 0.2) is 18.2 Å². The highest BCUT2D eigenvalue weighted by Crippen LogP contribution is 2.60. The molecule has 3 nitrogen and oxygen atoms in total. The van der Waals surface area contributed by atoms with Crippen molar-refractivity contribution in [1.82, 2.24) is 10.6 Å². The van der Waals surface area contributed by atoms with Gasteiger partial charge in [0, 0.05) is 18.7 Å². The minimum atomic E-state index is 0.102. The maximum Gasteiger partial charge on any atom is 0.251 e. The number of fused-ring (bicyclic) bond motifs is 1. The van der Waals surface area contributed by atoms with Crippen LogP contribution >= 0.6 is 0 Å². The SMILES string of the molecule is O=C(NCC1(C2CC2)CC1)c1ccc2c(c1)CNCC2. The molecule has 0 unspecified atom stereocenters. The zero-order valence-electron chi connectivity index (χ0n) is 11.9. The molecule has 0 radical (unpaired) electrons. The fourth-order valence-corrected chi connectivity index (χ4v) is 3.57. The number of hydrogen-bond donors (Lipinski definition) is 2. The molecule has 0 aromatic heterocycles. The van der Waals surface area contributed by atoms with Gasteiger partial charge in [0.05, 0.1) is 0 Å². The van der Waals surface area contributed by atoms with Gasteiger partial charge in [-0.05, 0) is 73.2 Å². The molecule has 1 aliphatic heterocycles. The molecule has 20 heavy (non-hydrogen) atoms. The second kappa shape index (κ2) is 4.59. The van der Waals surface area contributed by atoms with Gasteiger partial charge >= 0.3 is 0 Å². The molecule has 2 saturated carbocycles. The monoisotopic (exact) mass is 270 g/mol. The van der Waals surface area contributed by atoms with Crippen molar-refractivity contribution in [2.75, 3.05) is 13.1 Å². The Bertz CT molecular complexity index is 544. The van der Waals surface area contributed by atoms with Gasteiger partial charge < -0.3 is 10.6 Å². The summed E-state index contributed by atoms with van der Waals surface area (Å²) in [6, 6.07) is 6.17. The van der Waals surface area contributed by atoms with Crippen LogP contribution < -0.4 is 10.6 Å². The highest BCUT2D eigenvalue weighted by atomic mass is 16.1. The second-order valence-electron chi connectivity index (χ2n) is 6.73. The summed E-state index contributed by atoms with van der Waals surface area (Å²) in [7, 11) is 0. The Hall–Kier alpha value is -1.35. The molecule has 4 rings (SSSR count). The van der Waals surface area contributed by atoms with Crippen molar-refractivity contribution in [3.05, 3.63) is 34.9 Å². The first-order chi connectivity index (χ1) is 9.77. The molecular formula is C17H22N2O. The highest BCUT2D eigenvalue weighted by Gasteiger charge is 2.53. The van der Waals surface area contributed by atoms with Gasteiger partial charge in [0.2, 0.25) is 0 Å². The second-order valence-corrected chi connectivity index (χ2v) is 6.73. The molecule has 2 N–H and O–H groups in total. The van der Waals surface area contributed by atoms with Crippen LogP contribution in [0.4, 0.5) is 0 Å². The zero-order valence-corrected chi connectivity index (χ0v) is 11.9. The van der Waals surface area contributed by atoms with E-state index in [-0.39, 0.29) is 5.91 Å². The normalized spacial score (nSPS) is 23.0. The first-order valence-electron chi connectivity index (χ1n) is 7.88. The number of carbonyl (C=O) groups is 1. The maximum atomic E-state index is 12.3. The molecule has 3 aliphatic rings. The molecule has 0 saturated heterocycles. The standard InChI is InChI=1S/C17H22N2O/c20-16(19-11-17(6-7-17)15-3-4-15)13-2-1-12-5-8-18-10-14(12)9-13/h1-2,9,15,18H,3-8,10-11H2,(H,19,20). The maximum absolute atomic E-state index is 12.3. The van der Waals surface area contributed by atoms with Gasteiger partial charge in [-0.3, -0.25) is 4.79 Å². The van der Waals surface area contributed by atoms with Crippen LogP contribution in [0.3, 0.4) is 0 Å². The van der Waals surface area contributed by atoms with E-state index in [4.69, 9.17) is 0 Å². The summed E-state index contributed by atoms with van der Waals surface area (Å²) in [5.41, 5.74) is 3.97. The van der Waals surface area contributed by atoms with Gasteiger partial charge in [0.1, 0.15) is 0 Å². The number of benzene rings is 1. The number of amides is 1. The van der Waals surface area contributed by atoms with Crippen molar-refractivity contribution < 1.29 is 4.79 Å². The molecule has 1 amide bonds. The molecule has 1 heterocycles. The van der Waals surface area contributed by atoms with Gasteiger partial charge in [0.25, 0.3) is 5.91 Å². The number of rotatable bonds is 4. The van der Waals surface area contributed by atoms with Crippen LogP contribution in [0.25, 0.3) is 0 Å². The van der Waals surface area contributed by atoms with Crippen molar-refractivity contribution in [3.63, 3.8) is 0 Å². The lowest BCUT2D eigenvalue weighted by molar-refractivity contribution is 0.0942. The Labute approximate surface area is 120 Å². The summed E-state index contributed by atoms with van der Waals surface area (Å²) >= 11 is 0. The van der Waals surface area contributed by atoms with Gasteiger partial charge in [0.15, 0.2) is 0 Å². The molecule has 2 aliphatic carbocycles. The summed E-state index contributed by atoms with van der Waals surface area (Å²) in [5, 5.41) is 6.54. The summed E-state index contributed by atoms with van der Waals surface area (Å²) in [5.74, 6) is 1.00. The van der Waals surface area contributed by atoms with Crippen LogP contribution in [0, 0.1) is 11.3 Å². The zero-order chi connectivity index (χ0) is 13.6. The Morgan fingerprint density at radius 1 is 1.30 bits per heavy atom. The van der Waals surface area contributed by atoms with E-state index in [0.29, 0.717) is 5.41 Å². The van der Waals surface area contributed by atoms with Gasteiger partial charge in [-0.1, -0.05) is 6.07 Å². The molecule has 0 spiro atoms. The van der Waals surface area contributed by atoms with Crippen molar-refractivity contribution >= 4 is 5.91 Å². The van der Waals surface area contributed by atoms with Crippen molar-refractivity contribution in [2.24, 2.45) is 11.3 Å². The predicted molar refractivity (Wildman–Crippen MR) is 78.6 cm³/mol. The van der Waals surface area contributed by atoms with Crippen molar-refractivity contribution in [1.29, 1.82) is 0 Å². The van der Waals surface area contributed by atoms with E-state index >= 15 is 0 Å². The van der Waals surface area contributed by atoms with Crippen molar-refractivity contribution in [2.45, 2.75) is 38.6 Å². The molecule has 2 fully saturated rings. The Morgan fingerprint density at radius 3 is 2.90 bits per heavy atom. The van der Waals surface area contributed by atoms with Gasteiger partial charge in [-0.15, -0.1) is 0 Å². The molecule has 106 valence electrons. The number of carbonyl (C=O) groups excluding carboxylic acids is 1. The minimum absolute atomic E-state index is 0.102. The molecule has 0 atom stereocenters. The third-order valence-corrected chi connectivity index (χ3v) is 5.29. The largest absolute Gasteiger partial charge is 0.351 e. The third-order valence-electron chi connectivity index (χ3n) is 5.29. The van der Waals surface area contributed by atoms with Crippen molar-refractivity contribution in [3.8, 4) is 0 Å². The lowest BCUT2D eigenvalue weighted by Gasteiger charge is -2.18. The molecular weight excluding hydrogens is 248 g/mol. The van der Waals surface area contributed by atoms with E-state index in [1.54, 1.807) is 0 Å². The van der Waals surface area contributed by atoms with E-state index in [2.05, 4.69) is 22.8 Å². The number of hydrogen-bond acceptors (Lipinski definition) is 2. The van der Waals surface area contributed by atoms with E-state index in [1.165, 1.54) is 36.8 Å². The first kappa shape index (κ1) is 12.4. The first-order valence-corrected chi connectivity index (χ1v) is 7.88. The number of nitrogens with one attached hydrogen (secondary N) is 2. The average molecular weight is 270 g/mol. The molecule has 1 aromatic carbocycles. The fraction of sp³-hybridized carbons (Fsp3) is 0.588. The van der Waals surface area contributed by atoms with E-state index in [9.17, 15) is 4.79 Å². The molecule has 3 heteroatoms. The van der Waals surface area contributed by atoms with Crippen LogP contribution in [-0.2, 0) is 13.0 Å². The Balaban J connectivity index is 1.43. The summed E-state index contributed by atoms with van der Waals surface area (Å²) in [6.07, 6.45) is 6.45. The summed E-state index contributed by atoms with van der Waals surface area (Å²) < 4.78 is 0. The lowest BCUT2D eigenvalue weighted by Crippen LogP contribution is -2.31. The van der Waals surface area contributed by atoms with E-state index in [0.717, 1.165) is 37.5 Å². The van der Waals surface area contributed by atoms with Crippen LogP contribution in [0.2, 0.25) is 0 Å². The average Bonchev–Trinajstić information content (AvgIpc) is 3.37. The smallest absolute Gasteiger partial charge is 0.251 e. The topological polar surface area (TPSA) is 41.1 Å². The van der Waals surface area contributed by atoms with Gasteiger partial charge in [-0.25, -0.2) is 0 Å². The Kier molecular flexibility index (Phi) is 2.84. The molecule has 1 aromatic rings. The van der Waals surface area contributed by atoms with Crippen LogP contribution in [0.5, 0.6) is 0 Å². The minimum Gasteiger partial charge on any atom is -0.351 e. The molecule has 0 bridgehead atoms. The van der Waals surface area contributed by atoms with E-state index in [1.807, 2.05) is 6.07 Å². The Morgan fingerprint density at radius 2 is 2.15 bits per heavy atom. The lowest BCUT2D eigenvalue weighted by atomic mass is 9.97. The van der Waals surface area contributed by atoms with E-state index < -0.39 is 0 Å². The fourth-order valence-electron chi connectivity index (χ4n) is 3.57. The van der Waals surface area contributed by atoms with Gasteiger partial charge in [-0.2, -0.15) is 0 Å². The van der Waals surface area contributed by atoms with Crippen LogP contribution in [-0.4, -0.2) is 19.0 Å². The summed E-state index contributed by atoms with van der Waals surface area (Å²) in [6.45, 7) is 2.82. The quantitative estimate of drug-likeness (QED) is 0.881. The van der Waals surface area contributed by atoms with Crippen LogP contribution in [0.1, 0.15) is 47.2 Å². The summed E-state index contributed by atoms with van der Waals surface area (Å²) in [4.78, 5) is 12.3.